The van der Waals surface area contributed by atoms with Crippen LogP contribution in [0.1, 0.15) is 27.1 Å². The van der Waals surface area contributed by atoms with E-state index < -0.39 is 23.2 Å². The summed E-state index contributed by atoms with van der Waals surface area (Å²) >= 11 is 0. The van der Waals surface area contributed by atoms with Gasteiger partial charge in [0.2, 0.25) is 0 Å². The van der Waals surface area contributed by atoms with Gasteiger partial charge in [-0.2, -0.15) is 0 Å². The van der Waals surface area contributed by atoms with Crippen LogP contribution < -0.4 is 15.6 Å². The second kappa shape index (κ2) is 8.70. The summed E-state index contributed by atoms with van der Waals surface area (Å²) in [7, 11) is 2.80. The third kappa shape index (κ3) is 4.62. The van der Waals surface area contributed by atoms with Crippen LogP contribution in [-0.4, -0.2) is 41.8 Å². The molecule has 2 N–H and O–H groups in total. The minimum atomic E-state index is -0.628. The van der Waals surface area contributed by atoms with Crippen LogP contribution in [0, 0.1) is 0 Å². The average molecular weight is 360 g/mol. The summed E-state index contributed by atoms with van der Waals surface area (Å²) in [5, 5.41) is 12.3. The molecule has 0 spiro atoms. The summed E-state index contributed by atoms with van der Waals surface area (Å²) in [6.07, 6.45) is 1.94. The number of hydrogen-bond acceptors (Lipinski definition) is 6. The summed E-state index contributed by atoms with van der Waals surface area (Å²) in [4.78, 5) is 34.9. The van der Waals surface area contributed by atoms with Gasteiger partial charge in [-0.25, -0.2) is 4.79 Å². The molecule has 138 valence electrons. The standard InChI is InChI=1S/C18H20N2O6/c1-20-10-8-14(15(21)17(20)23)16(22)19-9-3-11-26-13-6-4-12(5-7-13)18(24)25-2/h4-8,10,21H,3,9,11H2,1-2H3,(H,19,22). The molecule has 0 saturated heterocycles. The first-order valence-corrected chi connectivity index (χ1v) is 7.92. The van der Waals surface area contributed by atoms with Gasteiger partial charge in [0.25, 0.3) is 11.5 Å². The topological polar surface area (TPSA) is 107 Å². The Morgan fingerprint density at radius 1 is 1.19 bits per heavy atom. The van der Waals surface area contributed by atoms with E-state index in [0.29, 0.717) is 30.9 Å². The number of carbonyl (C=O) groups excluding carboxylic acids is 2. The molecule has 2 aromatic rings. The Kier molecular flexibility index (Phi) is 6.37. The molecule has 0 radical (unpaired) electrons. The monoisotopic (exact) mass is 360 g/mol. The largest absolute Gasteiger partial charge is 0.502 e. The Bertz CT molecular complexity index is 842. The number of hydrogen-bond donors (Lipinski definition) is 2. The maximum atomic E-state index is 12.0. The van der Waals surface area contributed by atoms with Gasteiger partial charge in [0.15, 0.2) is 5.75 Å². The van der Waals surface area contributed by atoms with Crippen molar-refractivity contribution in [3.63, 3.8) is 0 Å². The second-order valence-electron chi connectivity index (χ2n) is 5.47. The molecule has 0 unspecified atom stereocenters. The summed E-state index contributed by atoms with van der Waals surface area (Å²) < 4.78 is 11.3. The number of carbonyl (C=O) groups is 2. The van der Waals surface area contributed by atoms with Crippen molar-refractivity contribution in [3.8, 4) is 11.5 Å². The van der Waals surface area contributed by atoms with E-state index in [2.05, 4.69) is 10.1 Å². The molecule has 0 atom stereocenters. The lowest BCUT2D eigenvalue weighted by Crippen LogP contribution is -2.28. The van der Waals surface area contributed by atoms with E-state index in [1.807, 2.05) is 0 Å². The molecular formula is C18H20N2O6. The number of rotatable bonds is 7. The van der Waals surface area contributed by atoms with E-state index >= 15 is 0 Å². The number of esters is 1. The third-order valence-electron chi connectivity index (χ3n) is 3.64. The van der Waals surface area contributed by atoms with Crippen LogP contribution in [0.15, 0.2) is 41.3 Å². The molecule has 0 bridgehead atoms. The lowest BCUT2D eigenvalue weighted by atomic mass is 10.2. The van der Waals surface area contributed by atoms with Crippen LogP contribution in [0.3, 0.4) is 0 Å². The molecule has 0 aliphatic carbocycles. The van der Waals surface area contributed by atoms with Crippen LogP contribution in [-0.2, 0) is 11.8 Å². The first-order chi connectivity index (χ1) is 12.4. The van der Waals surface area contributed by atoms with E-state index in [4.69, 9.17) is 4.74 Å². The van der Waals surface area contributed by atoms with Crippen LogP contribution in [0.25, 0.3) is 0 Å². The van der Waals surface area contributed by atoms with E-state index in [9.17, 15) is 19.5 Å². The number of aryl methyl sites for hydroxylation is 1. The van der Waals surface area contributed by atoms with Crippen molar-refractivity contribution in [2.75, 3.05) is 20.3 Å². The molecule has 1 heterocycles. The zero-order chi connectivity index (χ0) is 19.1. The maximum absolute atomic E-state index is 12.0. The molecule has 1 amide bonds. The van der Waals surface area contributed by atoms with Gasteiger partial charge >= 0.3 is 5.97 Å². The van der Waals surface area contributed by atoms with Crippen LogP contribution >= 0.6 is 0 Å². The van der Waals surface area contributed by atoms with Crippen molar-refractivity contribution in [1.29, 1.82) is 0 Å². The highest BCUT2D eigenvalue weighted by atomic mass is 16.5. The van der Waals surface area contributed by atoms with Crippen molar-refractivity contribution in [1.82, 2.24) is 9.88 Å². The normalized spacial score (nSPS) is 10.2. The number of ether oxygens (including phenoxy) is 2. The Labute approximate surface area is 150 Å². The van der Waals surface area contributed by atoms with E-state index in [0.717, 1.165) is 0 Å². The Balaban J connectivity index is 1.77. The SMILES string of the molecule is COC(=O)c1ccc(OCCCNC(=O)c2ccn(C)c(=O)c2O)cc1. The Hall–Kier alpha value is -3.29. The third-order valence-corrected chi connectivity index (χ3v) is 3.64. The summed E-state index contributed by atoms with van der Waals surface area (Å²) in [6.45, 7) is 0.661. The fourth-order valence-electron chi connectivity index (χ4n) is 2.16. The molecule has 8 nitrogen and oxygen atoms in total. The Morgan fingerprint density at radius 3 is 2.54 bits per heavy atom. The van der Waals surface area contributed by atoms with Crippen LogP contribution in [0.4, 0.5) is 0 Å². The summed E-state index contributed by atoms with van der Waals surface area (Å²) in [5.41, 5.74) is -0.260. The minimum absolute atomic E-state index is 0.0626. The zero-order valence-electron chi connectivity index (χ0n) is 14.5. The van der Waals surface area contributed by atoms with Gasteiger partial charge in [-0.05, 0) is 36.8 Å². The summed E-state index contributed by atoms with van der Waals surface area (Å²) in [5.74, 6) is -0.927. The molecule has 1 aromatic heterocycles. The van der Waals surface area contributed by atoms with Gasteiger partial charge < -0.3 is 24.5 Å². The molecule has 2 rings (SSSR count). The molecule has 0 aliphatic heterocycles. The van der Waals surface area contributed by atoms with Gasteiger partial charge in [0.1, 0.15) is 5.75 Å². The Morgan fingerprint density at radius 2 is 1.88 bits per heavy atom. The van der Waals surface area contributed by atoms with Gasteiger partial charge in [0.05, 0.1) is 24.8 Å². The van der Waals surface area contributed by atoms with E-state index in [1.165, 1.54) is 31.0 Å². The first-order valence-electron chi connectivity index (χ1n) is 7.92. The number of aromatic nitrogens is 1. The van der Waals surface area contributed by atoms with Gasteiger partial charge in [-0.3, -0.25) is 9.59 Å². The number of benzene rings is 1. The van der Waals surface area contributed by atoms with Gasteiger partial charge in [0, 0.05) is 19.8 Å². The van der Waals surface area contributed by atoms with Gasteiger partial charge in [-0.15, -0.1) is 0 Å². The fraction of sp³-hybridized carbons (Fsp3) is 0.278. The molecule has 0 fully saturated rings. The first kappa shape index (κ1) is 19.0. The van der Waals surface area contributed by atoms with Crippen LogP contribution in [0.2, 0.25) is 0 Å². The molecule has 8 heteroatoms. The highest BCUT2D eigenvalue weighted by molar-refractivity contribution is 5.96. The van der Waals surface area contributed by atoms with E-state index in [1.54, 1.807) is 24.3 Å². The zero-order valence-corrected chi connectivity index (χ0v) is 14.5. The number of nitrogens with zero attached hydrogens (tertiary/aromatic N) is 1. The second-order valence-corrected chi connectivity index (χ2v) is 5.47. The van der Waals surface area contributed by atoms with Crippen molar-refractivity contribution in [3.05, 3.63) is 58.0 Å². The van der Waals surface area contributed by atoms with Crippen molar-refractivity contribution >= 4 is 11.9 Å². The fourth-order valence-corrected chi connectivity index (χ4v) is 2.16. The smallest absolute Gasteiger partial charge is 0.337 e. The summed E-state index contributed by atoms with van der Waals surface area (Å²) in [6, 6.07) is 7.89. The number of nitrogens with one attached hydrogen (secondary N) is 1. The number of methoxy groups -OCH3 is 1. The maximum Gasteiger partial charge on any atom is 0.337 e. The average Bonchev–Trinajstić information content (AvgIpc) is 2.65. The van der Waals surface area contributed by atoms with Crippen molar-refractivity contribution < 1.29 is 24.2 Å². The number of aromatic hydroxyl groups is 1. The lowest BCUT2D eigenvalue weighted by molar-refractivity contribution is 0.0600. The van der Waals surface area contributed by atoms with Gasteiger partial charge in [-0.1, -0.05) is 0 Å². The molecule has 0 saturated carbocycles. The quantitative estimate of drug-likeness (QED) is 0.565. The number of amides is 1. The molecule has 1 aromatic carbocycles. The minimum Gasteiger partial charge on any atom is -0.502 e. The van der Waals surface area contributed by atoms with Crippen molar-refractivity contribution in [2.45, 2.75) is 6.42 Å². The van der Waals surface area contributed by atoms with E-state index in [-0.39, 0.29) is 5.56 Å². The number of pyridine rings is 1. The molecular weight excluding hydrogens is 340 g/mol. The molecule has 0 aliphatic rings. The predicted molar refractivity (Wildman–Crippen MR) is 93.6 cm³/mol. The highest BCUT2D eigenvalue weighted by Gasteiger charge is 2.14. The lowest BCUT2D eigenvalue weighted by Gasteiger charge is -2.09. The van der Waals surface area contributed by atoms with Crippen molar-refractivity contribution in [2.24, 2.45) is 7.05 Å². The highest BCUT2D eigenvalue weighted by Crippen LogP contribution is 2.13. The molecule has 26 heavy (non-hydrogen) atoms. The predicted octanol–water partition coefficient (Wildman–Crippen LogP) is 1.08. The van der Waals surface area contributed by atoms with Crippen LogP contribution in [0.5, 0.6) is 11.5 Å².